The van der Waals surface area contributed by atoms with Gasteiger partial charge >= 0.3 is 5.97 Å². The molecule has 0 unspecified atom stereocenters. The Bertz CT molecular complexity index is 536. The van der Waals surface area contributed by atoms with Gasteiger partial charge in [-0.2, -0.15) is 0 Å². The molecular weight excluding hydrogens is 290 g/mol. The van der Waals surface area contributed by atoms with Crippen LogP contribution in [0.15, 0.2) is 24.3 Å². The topological polar surface area (TPSA) is 66.4 Å². The van der Waals surface area contributed by atoms with Crippen molar-refractivity contribution in [2.45, 2.75) is 44.6 Å². The molecule has 1 saturated carbocycles. The summed E-state index contributed by atoms with van der Waals surface area (Å²) >= 11 is 6.03. The second-order valence-corrected chi connectivity index (χ2v) is 6.29. The summed E-state index contributed by atoms with van der Waals surface area (Å²) < 4.78 is 0. The molecular formula is C16H20ClNO3. The van der Waals surface area contributed by atoms with E-state index in [2.05, 4.69) is 12.2 Å². The van der Waals surface area contributed by atoms with Gasteiger partial charge in [0.1, 0.15) is 5.54 Å². The maximum atomic E-state index is 12.2. The summed E-state index contributed by atoms with van der Waals surface area (Å²) in [6.45, 7) is 2.11. The van der Waals surface area contributed by atoms with Crippen LogP contribution in [0.25, 0.3) is 0 Å². The molecule has 0 heterocycles. The minimum absolute atomic E-state index is 0.101. The second kappa shape index (κ2) is 6.48. The van der Waals surface area contributed by atoms with Crippen molar-refractivity contribution in [3.63, 3.8) is 0 Å². The lowest BCUT2D eigenvalue weighted by molar-refractivity contribution is -0.149. The van der Waals surface area contributed by atoms with Crippen molar-refractivity contribution >= 4 is 23.5 Å². The summed E-state index contributed by atoms with van der Waals surface area (Å²) in [5, 5.41) is 12.8. The maximum Gasteiger partial charge on any atom is 0.329 e. The zero-order valence-electron chi connectivity index (χ0n) is 12.1. The monoisotopic (exact) mass is 309 g/mol. The van der Waals surface area contributed by atoms with Gasteiger partial charge in [-0.15, -0.1) is 0 Å². The Hall–Kier alpha value is -1.55. The fraction of sp³-hybridized carbons (Fsp3) is 0.500. The third-order valence-corrected chi connectivity index (χ3v) is 4.59. The number of halogens is 1. The number of carbonyl (C=O) groups is 2. The van der Waals surface area contributed by atoms with Gasteiger partial charge in [0, 0.05) is 5.02 Å². The van der Waals surface area contributed by atoms with Gasteiger partial charge in [0.2, 0.25) is 5.91 Å². The zero-order valence-corrected chi connectivity index (χ0v) is 12.8. The van der Waals surface area contributed by atoms with E-state index < -0.39 is 11.5 Å². The smallest absolute Gasteiger partial charge is 0.329 e. The molecule has 0 aliphatic heterocycles. The van der Waals surface area contributed by atoms with E-state index in [0.717, 1.165) is 12.8 Å². The van der Waals surface area contributed by atoms with E-state index >= 15 is 0 Å². The first-order chi connectivity index (χ1) is 9.93. The van der Waals surface area contributed by atoms with Gasteiger partial charge < -0.3 is 10.4 Å². The largest absolute Gasteiger partial charge is 0.480 e. The summed E-state index contributed by atoms with van der Waals surface area (Å²) in [6.07, 6.45) is 2.71. The van der Waals surface area contributed by atoms with Gasteiger partial charge in [0.15, 0.2) is 0 Å². The van der Waals surface area contributed by atoms with Crippen LogP contribution in [0, 0.1) is 5.92 Å². The normalized spacial score (nSPS) is 25.3. The molecule has 0 saturated heterocycles. The number of rotatable bonds is 4. The summed E-state index contributed by atoms with van der Waals surface area (Å²) in [4.78, 5) is 23.8. The Balaban J connectivity index is 2.06. The van der Waals surface area contributed by atoms with E-state index in [1.165, 1.54) is 0 Å². The molecule has 21 heavy (non-hydrogen) atoms. The van der Waals surface area contributed by atoms with Crippen LogP contribution in [-0.2, 0) is 16.0 Å². The summed E-state index contributed by atoms with van der Waals surface area (Å²) in [5.41, 5.74) is -0.411. The number of hydrogen-bond acceptors (Lipinski definition) is 2. The Kier molecular flexibility index (Phi) is 4.88. The van der Waals surface area contributed by atoms with Gasteiger partial charge in [-0.05, 0) is 43.2 Å². The SMILES string of the molecule is CC1CCC(NC(=O)Cc2ccccc2Cl)(C(=O)O)CC1. The second-order valence-electron chi connectivity index (χ2n) is 5.89. The third kappa shape index (κ3) is 3.76. The van der Waals surface area contributed by atoms with Gasteiger partial charge in [-0.1, -0.05) is 36.7 Å². The quantitative estimate of drug-likeness (QED) is 0.898. The van der Waals surface area contributed by atoms with Gasteiger partial charge in [0.25, 0.3) is 0 Å². The van der Waals surface area contributed by atoms with Crippen molar-refractivity contribution in [1.82, 2.24) is 5.32 Å². The average molecular weight is 310 g/mol. The van der Waals surface area contributed by atoms with Crippen molar-refractivity contribution in [2.75, 3.05) is 0 Å². The van der Waals surface area contributed by atoms with Crippen molar-refractivity contribution in [1.29, 1.82) is 0 Å². The van der Waals surface area contributed by atoms with Crippen LogP contribution in [0.2, 0.25) is 5.02 Å². The molecule has 1 fully saturated rings. The van der Waals surface area contributed by atoms with E-state index in [0.29, 0.717) is 29.3 Å². The molecule has 5 heteroatoms. The Morgan fingerprint density at radius 1 is 1.33 bits per heavy atom. The summed E-state index contributed by atoms with van der Waals surface area (Å²) in [7, 11) is 0. The van der Waals surface area contributed by atoms with Crippen LogP contribution in [0.5, 0.6) is 0 Å². The van der Waals surface area contributed by atoms with Crippen LogP contribution in [0.4, 0.5) is 0 Å². The molecule has 0 spiro atoms. The number of carbonyl (C=O) groups excluding carboxylic acids is 1. The predicted octanol–water partition coefficient (Wildman–Crippen LogP) is 3.03. The molecule has 1 aromatic rings. The molecule has 114 valence electrons. The van der Waals surface area contributed by atoms with Crippen LogP contribution in [0.1, 0.15) is 38.2 Å². The first-order valence-electron chi connectivity index (χ1n) is 7.21. The third-order valence-electron chi connectivity index (χ3n) is 4.22. The van der Waals surface area contributed by atoms with Crippen LogP contribution < -0.4 is 5.32 Å². The predicted molar refractivity (Wildman–Crippen MR) is 81.3 cm³/mol. The van der Waals surface area contributed by atoms with Gasteiger partial charge in [0.05, 0.1) is 6.42 Å². The molecule has 4 nitrogen and oxygen atoms in total. The first-order valence-corrected chi connectivity index (χ1v) is 7.58. The van der Waals surface area contributed by atoms with E-state index in [4.69, 9.17) is 11.6 Å². The molecule has 1 aliphatic carbocycles. The molecule has 0 radical (unpaired) electrons. The Morgan fingerprint density at radius 3 is 2.52 bits per heavy atom. The lowest BCUT2D eigenvalue weighted by Crippen LogP contribution is -2.56. The maximum absolute atomic E-state index is 12.2. The number of carboxylic acids is 1. The molecule has 2 N–H and O–H groups in total. The minimum Gasteiger partial charge on any atom is -0.480 e. The number of hydrogen-bond donors (Lipinski definition) is 2. The molecule has 0 atom stereocenters. The van der Waals surface area contributed by atoms with Crippen LogP contribution >= 0.6 is 11.6 Å². The number of amides is 1. The molecule has 1 aromatic carbocycles. The Morgan fingerprint density at radius 2 is 1.95 bits per heavy atom. The highest BCUT2D eigenvalue weighted by Crippen LogP contribution is 2.32. The summed E-state index contributed by atoms with van der Waals surface area (Å²) in [6, 6.07) is 7.10. The number of carboxylic acid groups (broad SMARTS) is 1. The van der Waals surface area contributed by atoms with Crippen LogP contribution in [0.3, 0.4) is 0 Å². The van der Waals surface area contributed by atoms with E-state index in [-0.39, 0.29) is 12.3 Å². The van der Waals surface area contributed by atoms with E-state index in [9.17, 15) is 14.7 Å². The minimum atomic E-state index is -1.12. The lowest BCUT2D eigenvalue weighted by atomic mass is 9.77. The highest BCUT2D eigenvalue weighted by atomic mass is 35.5. The van der Waals surface area contributed by atoms with E-state index in [1.54, 1.807) is 18.2 Å². The molecule has 0 aromatic heterocycles. The molecule has 2 rings (SSSR count). The van der Waals surface area contributed by atoms with Crippen molar-refractivity contribution in [3.05, 3.63) is 34.9 Å². The fourth-order valence-corrected chi connectivity index (χ4v) is 2.98. The first kappa shape index (κ1) is 15.8. The number of aliphatic carboxylic acids is 1. The zero-order chi connectivity index (χ0) is 15.5. The van der Waals surface area contributed by atoms with Gasteiger partial charge in [-0.3, -0.25) is 4.79 Å². The fourth-order valence-electron chi connectivity index (χ4n) is 2.77. The highest BCUT2D eigenvalue weighted by Gasteiger charge is 2.42. The summed E-state index contributed by atoms with van der Waals surface area (Å²) in [5.74, 6) is -0.722. The highest BCUT2D eigenvalue weighted by molar-refractivity contribution is 6.31. The van der Waals surface area contributed by atoms with Crippen LogP contribution in [-0.4, -0.2) is 22.5 Å². The van der Waals surface area contributed by atoms with Crippen molar-refractivity contribution < 1.29 is 14.7 Å². The molecule has 1 amide bonds. The van der Waals surface area contributed by atoms with Gasteiger partial charge in [-0.25, -0.2) is 4.79 Å². The van der Waals surface area contributed by atoms with E-state index in [1.807, 2.05) is 6.07 Å². The standard InChI is InChI=1S/C16H20ClNO3/c1-11-6-8-16(9-7-11,15(20)21)18-14(19)10-12-4-2-3-5-13(12)17/h2-5,11H,6-10H2,1H3,(H,18,19)(H,20,21). The lowest BCUT2D eigenvalue weighted by Gasteiger charge is -2.36. The number of nitrogens with one attached hydrogen (secondary N) is 1. The Labute approximate surface area is 129 Å². The average Bonchev–Trinajstić information content (AvgIpc) is 2.44. The van der Waals surface area contributed by atoms with Crippen molar-refractivity contribution in [2.24, 2.45) is 5.92 Å². The number of benzene rings is 1. The molecule has 1 aliphatic rings. The molecule has 0 bridgehead atoms. The van der Waals surface area contributed by atoms with Crippen molar-refractivity contribution in [3.8, 4) is 0 Å².